The lowest BCUT2D eigenvalue weighted by molar-refractivity contribution is -0.173. The van der Waals surface area contributed by atoms with Crippen molar-refractivity contribution in [1.29, 1.82) is 0 Å². The predicted octanol–water partition coefficient (Wildman–Crippen LogP) is 0.784. The Balaban J connectivity index is 3.52. The molecule has 7 heteroatoms. The summed E-state index contributed by atoms with van der Waals surface area (Å²) in [4.78, 5) is 20.7. The summed E-state index contributed by atoms with van der Waals surface area (Å²) in [5.41, 5.74) is 0. The highest BCUT2D eigenvalue weighted by Gasteiger charge is 2.38. The summed E-state index contributed by atoms with van der Waals surface area (Å²) in [7, 11) is 0. The number of halogens is 3. The van der Waals surface area contributed by atoms with Gasteiger partial charge in [0.2, 0.25) is 0 Å². The lowest BCUT2D eigenvalue weighted by Crippen LogP contribution is -2.37. The second-order valence-electron chi connectivity index (χ2n) is 2.48. The van der Waals surface area contributed by atoms with E-state index >= 15 is 0 Å². The van der Waals surface area contributed by atoms with Crippen LogP contribution in [0.1, 0.15) is 6.42 Å². The zero-order chi connectivity index (χ0) is 11.9. The van der Waals surface area contributed by atoms with Gasteiger partial charge in [0.05, 0.1) is 6.61 Å². The fraction of sp³-hybridized carbons (Fsp3) is 0.500. The normalized spacial score (nSPS) is 10.6. The fourth-order valence-corrected chi connectivity index (χ4v) is 0.606. The Morgan fingerprint density at radius 2 is 2.00 bits per heavy atom. The Labute approximate surface area is 84.1 Å². The first-order chi connectivity index (χ1) is 6.88. The largest absolute Gasteiger partial charge is 0.471 e. The molecule has 0 aromatic rings. The van der Waals surface area contributed by atoms with E-state index in [1.807, 2.05) is 0 Å². The minimum atomic E-state index is -4.88. The second-order valence-corrected chi connectivity index (χ2v) is 2.48. The predicted molar refractivity (Wildman–Crippen MR) is 44.8 cm³/mol. The quantitative estimate of drug-likeness (QED) is 0.427. The van der Waals surface area contributed by atoms with Crippen molar-refractivity contribution >= 4 is 11.9 Å². The molecule has 1 N–H and O–H groups in total. The maximum absolute atomic E-state index is 11.6. The number of carbonyl (C=O) groups is 2. The molecule has 0 spiro atoms. The number of alkyl halides is 3. The van der Waals surface area contributed by atoms with Crippen LogP contribution in [-0.4, -0.2) is 31.2 Å². The minimum Gasteiger partial charge on any atom is -0.462 e. The van der Waals surface area contributed by atoms with Crippen molar-refractivity contribution in [3.8, 4) is 0 Å². The third-order valence-corrected chi connectivity index (χ3v) is 1.28. The van der Waals surface area contributed by atoms with Crippen LogP contribution in [0.2, 0.25) is 0 Å². The van der Waals surface area contributed by atoms with Crippen LogP contribution < -0.4 is 5.32 Å². The van der Waals surface area contributed by atoms with E-state index in [1.54, 1.807) is 5.32 Å². The number of hydrogen-bond donors (Lipinski definition) is 1. The van der Waals surface area contributed by atoms with Crippen molar-refractivity contribution in [2.24, 2.45) is 0 Å². The lowest BCUT2D eigenvalue weighted by Gasteiger charge is -2.07. The summed E-state index contributed by atoms with van der Waals surface area (Å²) in [6.45, 7) is 2.85. The van der Waals surface area contributed by atoms with Crippen LogP contribution in [-0.2, 0) is 14.3 Å². The Hall–Kier alpha value is -1.53. The molecule has 0 fully saturated rings. The van der Waals surface area contributed by atoms with Gasteiger partial charge in [0, 0.05) is 12.6 Å². The molecule has 0 aliphatic carbocycles. The van der Waals surface area contributed by atoms with E-state index in [2.05, 4.69) is 11.3 Å². The highest BCUT2D eigenvalue weighted by Crippen LogP contribution is 2.13. The summed E-state index contributed by atoms with van der Waals surface area (Å²) in [6.07, 6.45) is -3.83. The molecular formula is C8H10F3NO3. The molecule has 0 heterocycles. The van der Waals surface area contributed by atoms with Crippen LogP contribution >= 0.6 is 0 Å². The molecule has 0 atom stereocenters. The lowest BCUT2D eigenvalue weighted by atomic mass is 10.4. The Morgan fingerprint density at radius 3 is 2.47 bits per heavy atom. The number of ether oxygens (including phenoxy) is 1. The third-order valence-electron chi connectivity index (χ3n) is 1.28. The Kier molecular flexibility index (Phi) is 5.43. The first kappa shape index (κ1) is 13.5. The molecule has 0 radical (unpaired) electrons. The molecule has 15 heavy (non-hydrogen) atoms. The molecule has 0 bridgehead atoms. The summed E-state index contributed by atoms with van der Waals surface area (Å²) >= 11 is 0. The highest BCUT2D eigenvalue weighted by molar-refractivity contribution is 5.81. The Bertz CT molecular complexity index is 250. The van der Waals surface area contributed by atoms with Crippen molar-refractivity contribution < 1.29 is 27.5 Å². The van der Waals surface area contributed by atoms with Crippen molar-refractivity contribution in [2.45, 2.75) is 12.6 Å². The second kappa shape index (κ2) is 6.05. The molecule has 0 aliphatic rings. The van der Waals surface area contributed by atoms with Crippen molar-refractivity contribution in [1.82, 2.24) is 5.32 Å². The molecule has 86 valence electrons. The van der Waals surface area contributed by atoms with E-state index < -0.39 is 18.1 Å². The smallest absolute Gasteiger partial charge is 0.462 e. The number of carbonyl (C=O) groups excluding carboxylic acids is 2. The highest BCUT2D eigenvalue weighted by atomic mass is 19.4. The van der Waals surface area contributed by atoms with Gasteiger partial charge < -0.3 is 10.1 Å². The van der Waals surface area contributed by atoms with Gasteiger partial charge in [-0.05, 0) is 6.42 Å². The van der Waals surface area contributed by atoms with Gasteiger partial charge in [-0.25, -0.2) is 4.79 Å². The molecule has 0 rings (SSSR count). The third kappa shape index (κ3) is 6.53. The topological polar surface area (TPSA) is 55.4 Å². The maximum atomic E-state index is 11.6. The molecule has 0 saturated carbocycles. The number of nitrogens with one attached hydrogen (secondary N) is 1. The minimum absolute atomic E-state index is 0.0665. The summed E-state index contributed by atoms with van der Waals surface area (Å²) in [6, 6.07) is 0. The van der Waals surface area contributed by atoms with Gasteiger partial charge in [0.15, 0.2) is 0 Å². The van der Waals surface area contributed by atoms with Gasteiger partial charge in [0.1, 0.15) is 0 Å². The zero-order valence-electron chi connectivity index (χ0n) is 7.76. The van der Waals surface area contributed by atoms with E-state index in [0.717, 1.165) is 6.08 Å². The van der Waals surface area contributed by atoms with Gasteiger partial charge in [-0.2, -0.15) is 13.2 Å². The van der Waals surface area contributed by atoms with Gasteiger partial charge >= 0.3 is 18.1 Å². The van der Waals surface area contributed by atoms with Gasteiger partial charge in [-0.3, -0.25) is 4.79 Å². The van der Waals surface area contributed by atoms with E-state index in [4.69, 9.17) is 0 Å². The standard InChI is InChI=1S/C8H10F3NO3/c1-2-6(13)15-5-3-4-12-7(14)8(9,10)11/h2H,1,3-5H2,(H,12,14). The number of esters is 1. The van der Waals surface area contributed by atoms with Gasteiger partial charge in [0.25, 0.3) is 0 Å². The molecule has 1 amide bonds. The van der Waals surface area contributed by atoms with Crippen molar-refractivity contribution in [3.63, 3.8) is 0 Å². The number of hydrogen-bond acceptors (Lipinski definition) is 3. The van der Waals surface area contributed by atoms with Crippen LogP contribution in [0.4, 0.5) is 13.2 Å². The van der Waals surface area contributed by atoms with Gasteiger partial charge in [-0.15, -0.1) is 0 Å². The average Bonchev–Trinajstić information content (AvgIpc) is 2.15. The van der Waals surface area contributed by atoms with Crippen LogP contribution in [0.5, 0.6) is 0 Å². The zero-order valence-corrected chi connectivity index (χ0v) is 7.76. The van der Waals surface area contributed by atoms with Crippen molar-refractivity contribution in [2.75, 3.05) is 13.2 Å². The Morgan fingerprint density at radius 1 is 1.40 bits per heavy atom. The fourth-order valence-electron chi connectivity index (χ4n) is 0.606. The number of rotatable bonds is 5. The van der Waals surface area contributed by atoms with E-state index in [-0.39, 0.29) is 19.6 Å². The molecule has 0 aromatic carbocycles. The van der Waals surface area contributed by atoms with Crippen molar-refractivity contribution in [3.05, 3.63) is 12.7 Å². The van der Waals surface area contributed by atoms with Crippen LogP contribution in [0, 0.1) is 0 Å². The molecule has 0 saturated heterocycles. The molecule has 4 nitrogen and oxygen atoms in total. The molecular weight excluding hydrogens is 215 g/mol. The summed E-state index contributed by atoms with van der Waals surface area (Å²) < 4.78 is 39.4. The average molecular weight is 225 g/mol. The van der Waals surface area contributed by atoms with E-state index in [1.165, 1.54) is 0 Å². The molecule has 0 aromatic heterocycles. The SMILES string of the molecule is C=CC(=O)OCCCNC(=O)C(F)(F)F. The first-order valence-electron chi connectivity index (χ1n) is 4.02. The molecule has 0 aliphatic heterocycles. The monoisotopic (exact) mass is 225 g/mol. The van der Waals surface area contributed by atoms with Crippen LogP contribution in [0.15, 0.2) is 12.7 Å². The number of amides is 1. The van der Waals surface area contributed by atoms with Crippen LogP contribution in [0.25, 0.3) is 0 Å². The van der Waals surface area contributed by atoms with Crippen LogP contribution in [0.3, 0.4) is 0 Å². The first-order valence-corrected chi connectivity index (χ1v) is 4.02. The van der Waals surface area contributed by atoms with E-state index in [0.29, 0.717) is 0 Å². The summed E-state index contributed by atoms with van der Waals surface area (Å²) in [5, 5.41) is 1.63. The van der Waals surface area contributed by atoms with Gasteiger partial charge in [-0.1, -0.05) is 6.58 Å². The maximum Gasteiger partial charge on any atom is 0.471 e. The summed E-state index contributed by atoms with van der Waals surface area (Å²) in [5.74, 6) is -2.66. The van der Waals surface area contributed by atoms with E-state index in [9.17, 15) is 22.8 Å². The molecule has 0 unspecified atom stereocenters.